The predicted molar refractivity (Wildman–Crippen MR) is 72.4 cm³/mol. The van der Waals surface area contributed by atoms with Crippen LogP contribution in [0.15, 0.2) is 6.08 Å². The molecule has 98 valence electrons. The molecule has 0 saturated heterocycles. The number of amides is 1. The molecule has 1 aromatic heterocycles. The molecule has 0 unspecified atom stereocenters. The molecule has 4 nitrogen and oxygen atoms in total. The van der Waals surface area contributed by atoms with Crippen molar-refractivity contribution in [1.29, 1.82) is 0 Å². The van der Waals surface area contributed by atoms with Crippen LogP contribution in [0.2, 0.25) is 5.15 Å². The third kappa shape index (κ3) is 2.93. The van der Waals surface area contributed by atoms with Gasteiger partial charge in [0, 0.05) is 24.7 Å². The van der Waals surface area contributed by atoms with Crippen LogP contribution >= 0.6 is 11.6 Å². The van der Waals surface area contributed by atoms with E-state index < -0.39 is 0 Å². The summed E-state index contributed by atoms with van der Waals surface area (Å²) < 4.78 is 1.60. The second-order valence-corrected chi connectivity index (χ2v) is 5.09. The molecule has 1 N–H and O–H groups in total. The number of nitrogens with zero attached hydrogens (tertiary/aromatic N) is 2. The standard InChI is InChI=1S/C13H18ClN3O/c1-9-11(13(14)17(2)16-9)7-8-12(18)15-10-5-3-4-6-10/h7-8,10H,3-6H2,1-2H3,(H,15,18)/b8-7+. The van der Waals surface area contributed by atoms with Crippen LogP contribution in [-0.4, -0.2) is 21.7 Å². The smallest absolute Gasteiger partial charge is 0.244 e. The number of hydrogen-bond donors (Lipinski definition) is 1. The van der Waals surface area contributed by atoms with E-state index in [1.54, 1.807) is 17.8 Å². The van der Waals surface area contributed by atoms with Crippen molar-refractivity contribution in [2.45, 2.75) is 38.6 Å². The van der Waals surface area contributed by atoms with Crippen molar-refractivity contribution >= 4 is 23.6 Å². The number of nitrogens with one attached hydrogen (secondary N) is 1. The van der Waals surface area contributed by atoms with Crippen LogP contribution in [0.5, 0.6) is 0 Å². The summed E-state index contributed by atoms with van der Waals surface area (Å²) in [6, 6.07) is 0.340. The van der Waals surface area contributed by atoms with E-state index in [-0.39, 0.29) is 5.91 Å². The highest BCUT2D eigenvalue weighted by Gasteiger charge is 2.16. The normalized spacial score (nSPS) is 16.6. The first-order valence-electron chi connectivity index (χ1n) is 6.25. The molecular weight excluding hydrogens is 250 g/mol. The Kier molecular flexibility index (Phi) is 4.07. The number of hydrogen-bond acceptors (Lipinski definition) is 2. The Bertz CT molecular complexity index is 473. The number of halogens is 1. The van der Waals surface area contributed by atoms with Gasteiger partial charge in [-0.3, -0.25) is 9.48 Å². The van der Waals surface area contributed by atoms with E-state index in [2.05, 4.69) is 10.4 Å². The highest BCUT2D eigenvalue weighted by Crippen LogP contribution is 2.20. The van der Waals surface area contributed by atoms with Crippen molar-refractivity contribution in [2.75, 3.05) is 0 Å². The zero-order valence-corrected chi connectivity index (χ0v) is 11.5. The van der Waals surface area contributed by atoms with E-state index in [4.69, 9.17) is 11.6 Å². The summed E-state index contributed by atoms with van der Waals surface area (Å²) in [6.07, 6.45) is 7.87. The maximum Gasteiger partial charge on any atom is 0.244 e. The summed E-state index contributed by atoms with van der Waals surface area (Å²) in [4.78, 5) is 11.7. The van der Waals surface area contributed by atoms with Gasteiger partial charge >= 0.3 is 0 Å². The van der Waals surface area contributed by atoms with E-state index in [9.17, 15) is 4.79 Å². The van der Waals surface area contributed by atoms with Gasteiger partial charge < -0.3 is 5.32 Å². The lowest BCUT2D eigenvalue weighted by molar-refractivity contribution is -0.117. The molecule has 0 aromatic carbocycles. The number of carbonyl (C=O) groups is 1. The van der Waals surface area contributed by atoms with Crippen LogP contribution in [0.1, 0.15) is 36.9 Å². The highest BCUT2D eigenvalue weighted by atomic mass is 35.5. The van der Waals surface area contributed by atoms with Gasteiger partial charge in [0.2, 0.25) is 5.91 Å². The predicted octanol–water partition coefficient (Wildman–Crippen LogP) is 2.45. The van der Waals surface area contributed by atoms with Gasteiger partial charge in [-0.25, -0.2) is 0 Å². The summed E-state index contributed by atoms with van der Waals surface area (Å²) in [5.41, 5.74) is 1.63. The molecule has 1 aliphatic carbocycles. The molecular formula is C13H18ClN3O. The van der Waals surface area contributed by atoms with Crippen molar-refractivity contribution < 1.29 is 4.79 Å². The fourth-order valence-electron chi connectivity index (χ4n) is 2.31. The van der Waals surface area contributed by atoms with Gasteiger partial charge in [0.15, 0.2) is 0 Å². The molecule has 1 amide bonds. The quantitative estimate of drug-likeness (QED) is 0.855. The van der Waals surface area contributed by atoms with Gasteiger partial charge in [-0.15, -0.1) is 0 Å². The second kappa shape index (κ2) is 5.57. The number of carbonyl (C=O) groups excluding carboxylic acids is 1. The van der Waals surface area contributed by atoms with E-state index in [1.807, 2.05) is 6.92 Å². The van der Waals surface area contributed by atoms with Crippen LogP contribution < -0.4 is 5.32 Å². The molecule has 5 heteroatoms. The SMILES string of the molecule is Cc1nn(C)c(Cl)c1/C=C/C(=O)NC1CCCC1. The summed E-state index contributed by atoms with van der Waals surface area (Å²) in [6.45, 7) is 1.88. The van der Waals surface area contributed by atoms with Crippen LogP contribution in [-0.2, 0) is 11.8 Å². The monoisotopic (exact) mass is 267 g/mol. The summed E-state index contributed by atoms with van der Waals surface area (Å²) in [7, 11) is 1.78. The average Bonchev–Trinajstić information content (AvgIpc) is 2.88. The molecule has 0 spiro atoms. The average molecular weight is 268 g/mol. The summed E-state index contributed by atoms with van der Waals surface area (Å²) in [5.74, 6) is -0.0544. The lowest BCUT2D eigenvalue weighted by Crippen LogP contribution is -2.30. The minimum absolute atomic E-state index is 0.0544. The van der Waals surface area contributed by atoms with Crippen LogP contribution in [0, 0.1) is 6.92 Å². The van der Waals surface area contributed by atoms with Crippen molar-refractivity contribution in [3.63, 3.8) is 0 Å². The van der Waals surface area contributed by atoms with Crippen molar-refractivity contribution in [3.8, 4) is 0 Å². The Morgan fingerprint density at radius 2 is 2.17 bits per heavy atom. The third-order valence-corrected chi connectivity index (χ3v) is 3.75. The van der Waals surface area contributed by atoms with Crippen molar-refractivity contribution in [2.24, 2.45) is 7.05 Å². The van der Waals surface area contributed by atoms with Gasteiger partial charge in [0.1, 0.15) is 5.15 Å². The van der Waals surface area contributed by atoms with E-state index >= 15 is 0 Å². The lowest BCUT2D eigenvalue weighted by Gasteiger charge is -2.08. The van der Waals surface area contributed by atoms with E-state index in [0.29, 0.717) is 11.2 Å². The molecule has 1 saturated carbocycles. The minimum Gasteiger partial charge on any atom is -0.350 e. The Balaban J connectivity index is 1.99. The molecule has 1 fully saturated rings. The maximum absolute atomic E-state index is 11.7. The summed E-state index contributed by atoms with van der Waals surface area (Å²) in [5, 5.41) is 7.75. The number of rotatable bonds is 3. The molecule has 0 radical (unpaired) electrons. The Labute approximate surface area is 112 Å². The zero-order chi connectivity index (χ0) is 13.1. The zero-order valence-electron chi connectivity index (χ0n) is 10.7. The molecule has 1 heterocycles. The first-order valence-corrected chi connectivity index (χ1v) is 6.63. The first kappa shape index (κ1) is 13.1. The van der Waals surface area contributed by atoms with E-state index in [0.717, 1.165) is 24.1 Å². The molecule has 1 aromatic rings. The summed E-state index contributed by atoms with van der Waals surface area (Å²) >= 11 is 6.09. The lowest BCUT2D eigenvalue weighted by atomic mass is 10.2. The third-order valence-electron chi connectivity index (χ3n) is 3.30. The van der Waals surface area contributed by atoms with Gasteiger partial charge in [0.05, 0.1) is 5.69 Å². The Hall–Kier alpha value is -1.29. The fraction of sp³-hybridized carbons (Fsp3) is 0.538. The topological polar surface area (TPSA) is 46.9 Å². The molecule has 0 bridgehead atoms. The molecule has 18 heavy (non-hydrogen) atoms. The van der Waals surface area contributed by atoms with Gasteiger partial charge in [0.25, 0.3) is 0 Å². The minimum atomic E-state index is -0.0544. The van der Waals surface area contributed by atoms with Gasteiger partial charge in [-0.05, 0) is 25.8 Å². The second-order valence-electron chi connectivity index (χ2n) is 4.74. The molecule has 0 atom stereocenters. The largest absolute Gasteiger partial charge is 0.350 e. The Morgan fingerprint density at radius 3 is 2.72 bits per heavy atom. The molecule has 1 aliphatic rings. The van der Waals surface area contributed by atoms with Crippen LogP contribution in [0.3, 0.4) is 0 Å². The number of aromatic nitrogens is 2. The highest BCUT2D eigenvalue weighted by molar-refractivity contribution is 6.31. The Morgan fingerprint density at radius 1 is 1.50 bits per heavy atom. The molecule has 0 aliphatic heterocycles. The maximum atomic E-state index is 11.7. The van der Waals surface area contributed by atoms with Crippen molar-refractivity contribution in [1.82, 2.24) is 15.1 Å². The first-order chi connectivity index (χ1) is 8.58. The van der Waals surface area contributed by atoms with Gasteiger partial charge in [-0.2, -0.15) is 5.10 Å². The van der Waals surface area contributed by atoms with Crippen LogP contribution in [0.25, 0.3) is 6.08 Å². The van der Waals surface area contributed by atoms with Crippen LogP contribution in [0.4, 0.5) is 0 Å². The number of aryl methyl sites for hydroxylation is 2. The molecule has 2 rings (SSSR count). The van der Waals surface area contributed by atoms with E-state index in [1.165, 1.54) is 18.9 Å². The van der Waals surface area contributed by atoms with Crippen molar-refractivity contribution in [3.05, 3.63) is 22.5 Å². The van der Waals surface area contributed by atoms with Gasteiger partial charge in [-0.1, -0.05) is 24.4 Å². The fourth-order valence-corrected chi connectivity index (χ4v) is 2.55.